The quantitative estimate of drug-likeness (QED) is 0.767. The second kappa shape index (κ2) is 8.98. The number of urea groups is 1. The van der Waals surface area contributed by atoms with Gasteiger partial charge in [-0.15, -0.1) is 0 Å². The van der Waals surface area contributed by atoms with Crippen LogP contribution in [0.25, 0.3) is 10.2 Å². The Morgan fingerprint density at radius 2 is 2.00 bits per heavy atom. The average molecular weight is 375 g/mol. The first-order valence-electron chi connectivity index (χ1n) is 9.33. The van der Waals surface area contributed by atoms with E-state index in [2.05, 4.69) is 10.3 Å². The molecule has 140 valence electrons. The van der Waals surface area contributed by atoms with Crippen LogP contribution < -0.4 is 11.1 Å². The molecule has 0 spiro atoms. The van der Waals surface area contributed by atoms with Crippen LogP contribution in [0.1, 0.15) is 44.9 Å². The molecule has 3 amide bonds. The number of primary amides is 1. The summed E-state index contributed by atoms with van der Waals surface area (Å²) in [5, 5.41) is 3.97. The fraction of sp³-hybridized carbons (Fsp3) is 0.526. The molecule has 3 N–H and O–H groups in total. The third-order valence-corrected chi connectivity index (χ3v) is 5.96. The lowest BCUT2D eigenvalue weighted by Crippen LogP contribution is -2.43. The molecule has 6 nitrogen and oxygen atoms in total. The molecule has 0 bridgehead atoms. The van der Waals surface area contributed by atoms with Crippen molar-refractivity contribution < 1.29 is 9.59 Å². The largest absolute Gasteiger partial charge is 0.360 e. The van der Waals surface area contributed by atoms with Crippen LogP contribution in [-0.2, 0) is 4.79 Å². The van der Waals surface area contributed by atoms with Crippen LogP contribution in [-0.4, -0.2) is 34.9 Å². The van der Waals surface area contributed by atoms with E-state index in [1.807, 2.05) is 24.3 Å². The molecule has 0 saturated heterocycles. The van der Waals surface area contributed by atoms with E-state index in [9.17, 15) is 9.59 Å². The van der Waals surface area contributed by atoms with Gasteiger partial charge in [-0.1, -0.05) is 55.6 Å². The summed E-state index contributed by atoms with van der Waals surface area (Å²) in [6, 6.07) is 7.23. The Kier molecular flexibility index (Phi) is 6.44. The molecule has 1 fully saturated rings. The zero-order valence-electron chi connectivity index (χ0n) is 14.9. The predicted octanol–water partition coefficient (Wildman–Crippen LogP) is 3.98. The average Bonchev–Trinajstić information content (AvgIpc) is 3.06. The van der Waals surface area contributed by atoms with Crippen LogP contribution in [0.5, 0.6) is 0 Å². The van der Waals surface area contributed by atoms with Crippen LogP contribution >= 0.6 is 11.3 Å². The van der Waals surface area contributed by atoms with Gasteiger partial charge >= 0.3 is 6.03 Å². The number of anilines is 1. The molecule has 0 unspecified atom stereocenters. The number of carbonyl (C=O) groups is 2. The molecule has 26 heavy (non-hydrogen) atoms. The summed E-state index contributed by atoms with van der Waals surface area (Å²) in [5.74, 6) is 0.442. The number of nitrogens with two attached hydrogens (primary N) is 1. The van der Waals surface area contributed by atoms with Crippen LogP contribution in [0.2, 0.25) is 0 Å². The van der Waals surface area contributed by atoms with Crippen LogP contribution in [0.3, 0.4) is 0 Å². The number of nitrogens with zero attached hydrogens (tertiary/aromatic N) is 2. The van der Waals surface area contributed by atoms with Gasteiger partial charge < -0.3 is 11.1 Å². The summed E-state index contributed by atoms with van der Waals surface area (Å²) in [6.07, 6.45) is 7.46. The number of thiazole rings is 1. The van der Waals surface area contributed by atoms with E-state index < -0.39 is 6.03 Å². The van der Waals surface area contributed by atoms with Gasteiger partial charge in [-0.2, -0.15) is 0 Å². The summed E-state index contributed by atoms with van der Waals surface area (Å²) < 4.78 is 1.10. The number of para-hydroxylation sites is 1. The van der Waals surface area contributed by atoms with Crippen LogP contribution in [0.4, 0.5) is 9.93 Å². The molecule has 1 aromatic heterocycles. The van der Waals surface area contributed by atoms with Crippen LogP contribution in [0, 0.1) is 5.92 Å². The highest BCUT2D eigenvalue weighted by molar-refractivity contribution is 7.22. The Balaban J connectivity index is 1.47. The highest BCUT2D eigenvalue weighted by Crippen LogP contribution is 2.27. The van der Waals surface area contributed by atoms with Crippen molar-refractivity contribution in [3.05, 3.63) is 24.3 Å². The van der Waals surface area contributed by atoms with Gasteiger partial charge in [0.25, 0.3) is 0 Å². The molecule has 0 aliphatic heterocycles. The van der Waals surface area contributed by atoms with Crippen molar-refractivity contribution in [2.24, 2.45) is 11.7 Å². The normalized spacial score (nSPS) is 15.1. The summed E-state index contributed by atoms with van der Waals surface area (Å²) in [6.45, 7) is 0.701. The maximum atomic E-state index is 12.4. The zero-order valence-corrected chi connectivity index (χ0v) is 15.8. The second-order valence-electron chi connectivity index (χ2n) is 6.84. The monoisotopic (exact) mass is 374 g/mol. The standard InChI is InChI=1S/C19H26N4O2S/c20-18(25)23(17(24)11-10-14-6-2-1-3-7-14)13-12-21-19-22-15-8-4-5-9-16(15)26-19/h4-5,8-9,14H,1-3,6-7,10-13H2,(H2,20,25)(H,21,22). The second-order valence-corrected chi connectivity index (χ2v) is 7.87. The van der Waals surface area contributed by atoms with Crippen molar-refractivity contribution >= 4 is 38.6 Å². The van der Waals surface area contributed by atoms with Crippen molar-refractivity contribution in [3.8, 4) is 0 Å². The van der Waals surface area contributed by atoms with Crippen molar-refractivity contribution in [2.75, 3.05) is 18.4 Å². The number of fused-ring (bicyclic) bond motifs is 1. The van der Waals surface area contributed by atoms with Crippen LogP contribution in [0.15, 0.2) is 24.3 Å². The molecule has 1 aliphatic rings. The summed E-state index contributed by atoms with van der Waals surface area (Å²) in [4.78, 5) is 29.7. The number of hydrogen-bond acceptors (Lipinski definition) is 5. The minimum absolute atomic E-state index is 0.172. The van der Waals surface area contributed by atoms with E-state index in [0.717, 1.165) is 26.7 Å². The van der Waals surface area contributed by atoms with Crippen molar-refractivity contribution in [2.45, 2.75) is 44.9 Å². The summed E-state index contributed by atoms with van der Waals surface area (Å²) in [5.41, 5.74) is 6.35. The van der Waals surface area contributed by atoms with Gasteiger partial charge in [-0.25, -0.2) is 9.78 Å². The molecule has 7 heteroatoms. The lowest BCUT2D eigenvalue weighted by molar-refractivity contribution is -0.128. The maximum absolute atomic E-state index is 12.4. The van der Waals surface area contributed by atoms with Crippen molar-refractivity contribution in [1.29, 1.82) is 0 Å². The van der Waals surface area contributed by atoms with E-state index in [0.29, 0.717) is 18.9 Å². The highest BCUT2D eigenvalue weighted by atomic mass is 32.1. The summed E-state index contributed by atoms with van der Waals surface area (Å²) in [7, 11) is 0. The fourth-order valence-corrected chi connectivity index (χ4v) is 4.41. The first-order chi connectivity index (χ1) is 12.6. The zero-order chi connectivity index (χ0) is 18.4. The lowest BCUT2D eigenvalue weighted by atomic mass is 9.86. The summed E-state index contributed by atoms with van der Waals surface area (Å²) >= 11 is 1.55. The van der Waals surface area contributed by atoms with Crippen molar-refractivity contribution in [1.82, 2.24) is 9.88 Å². The number of hydrogen-bond donors (Lipinski definition) is 2. The minimum atomic E-state index is -0.676. The third-order valence-electron chi connectivity index (χ3n) is 4.96. The molecule has 3 rings (SSSR count). The topological polar surface area (TPSA) is 88.3 Å². The van der Waals surface area contributed by atoms with Gasteiger partial charge in [-0.3, -0.25) is 9.69 Å². The molecule has 0 radical (unpaired) electrons. The lowest BCUT2D eigenvalue weighted by Gasteiger charge is -2.23. The Morgan fingerprint density at radius 1 is 1.23 bits per heavy atom. The molecule has 1 heterocycles. The molecule has 1 aromatic carbocycles. The van der Waals surface area contributed by atoms with E-state index in [-0.39, 0.29) is 12.5 Å². The molecule has 1 aliphatic carbocycles. The fourth-order valence-electron chi connectivity index (χ4n) is 3.52. The SMILES string of the molecule is NC(=O)N(CCNc1nc2ccccc2s1)C(=O)CCC1CCCCC1. The molecule has 2 aromatic rings. The number of benzene rings is 1. The molecule has 1 saturated carbocycles. The number of nitrogens with one attached hydrogen (secondary N) is 1. The minimum Gasteiger partial charge on any atom is -0.360 e. The Morgan fingerprint density at radius 3 is 2.73 bits per heavy atom. The molecular weight excluding hydrogens is 348 g/mol. The van der Waals surface area contributed by atoms with Gasteiger partial charge in [-0.05, 0) is 24.5 Å². The number of rotatable bonds is 7. The third kappa shape index (κ3) is 4.94. The first-order valence-corrected chi connectivity index (χ1v) is 10.1. The Labute approximate surface area is 157 Å². The number of carbonyl (C=O) groups excluding carboxylic acids is 2. The number of amides is 3. The van der Waals surface area contributed by atoms with E-state index in [4.69, 9.17) is 5.73 Å². The first kappa shape index (κ1) is 18.6. The van der Waals surface area contributed by atoms with Gasteiger partial charge in [0.15, 0.2) is 5.13 Å². The number of aromatic nitrogens is 1. The molecule has 0 atom stereocenters. The number of imide groups is 1. The van der Waals surface area contributed by atoms with Gasteiger partial charge in [0.1, 0.15) is 0 Å². The highest BCUT2D eigenvalue weighted by Gasteiger charge is 2.21. The van der Waals surface area contributed by atoms with E-state index in [1.54, 1.807) is 11.3 Å². The van der Waals surface area contributed by atoms with Gasteiger partial charge in [0, 0.05) is 19.5 Å². The maximum Gasteiger partial charge on any atom is 0.321 e. The van der Waals surface area contributed by atoms with Crippen molar-refractivity contribution in [3.63, 3.8) is 0 Å². The van der Waals surface area contributed by atoms with Gasteiger partial charge in [0.2, 0.25) is 5.91 Å². The van der Waals surface area contributed by atoms with E-state index >= 15 is 0 Å². The Hall–Kier alpha value is -2.15. The smallest absolute Gasteiger partial charge is 0.321 e. The van der Waals surface area contributed by atoms with E-state index in [1.165, 1.54) is 32.1 Å². The van der Waals surface area contributed by atoms with Gasteiger partial charge in [0.05, 0.1) is 10.2 Å². The Bertz CT molecular complexity index is 722. The molecular formula is C19H26N4O2S. The predicted molar refractivity (Wildman–Crippen MR) is 105 cm³/mol.